The van der Waals surface area contributed by atoms with Crippen LogP contribution in [0, 0.1) is 0 Å². The summed E-state index contributed by atoms with van der Waals surface area (Å²) >= 11 is 0. The van der Waals surface area contributed by atoms with E-state index >= 15 is 0 Å². The van der Waals surface area contributed by atoms with Crippen LogP contribution in [0.4, 0.5) is 0 Å². The number of benzene rings is 1. The van der Waals surface area contributed by atoms with E-state index in [4.69, 9.17) is 9.47 Å². The molecule has 2 rings (SSSR count). The molecule has 1 atom stereocenters. The summed E-state index contributed by atoms with van der Waals surface area (Å²) in [5.74, 6) is -0.0424. The Kier molecular flexibility index (Phi) is 10.4. The highest BCUT2D eigenvalue weighted by atomic mass is 16.5. The predicted molar refractivity (Wildman–Crippen MR) is 108 cm³/mol. The van der Waals surface area contributed by atoms with Crippen molar-refractivity contribution in [2.24, 2.45) is 0 Å². The predicted octanol–water partition coefficient (Wildman–Crippen LogP) is 1.75. The van der Waals surface area contributed by atoms with Gasteiger partial charge >= 0.3 is 0 Å². The Labute approximate surface area is 163 Å². The molecule has 6 heteroatoms. The first-order valence-electron chi connectivity index (χ1n) is 10.1. The van der Waals surface area contributed by atoms with Gasteiger partial charge in [-0.3, -0.25) is 9.69 Å². The van der Waals surface area contributed by atoms with Crippen molar-refractivity contribution in [3.63, 3.8) is 0 Å². The molecule has 0 spiro atoms. The lowest BCUT2D eigenvalue weighted by Crippen LogP contribution is -2.46. The van der Waals surface area contributed by atoms with Gasteiger partial charge in [-0.05, 0) is 32.4 Å². The average molecular weight is 378 g/mol. The second kappa shape index (κ2) is 12.8. The molecule has 6 nitrogen and oxygen atoms in total. The van der Waals surface area contributed by atoms with Gasteiger partial charge in [0.05, 0.1) is 13.2 Å². The topological polar surface area (TPSA) is 54.0 Å². The van der Waals surface area contributed by atoms with Gasteiger partial charge in [-0.15, -0.1) is 0 Å². The van der Waals surface area contributed by atoms with Crippen LogP contribution in [0.1, 0.15) is 25.8 Å². The summed E-state index contributed by atoms with van der Waals surface area (Å²) < 4.78 is 10.7. The van der Waals surface area contributed by atoms with Gasteiger partial charge < -0.3 is 19.7 Å². The van der Waals surface area contributed by atoms with Crippen LogP contribution in [0.3, 0.4) is 0 Å². The molecule has 27 heavy (non-hydrogen) atoms. The van der Waals surface area contributed by atoms with Crippen LogP contribution in [-0.4, -0.2) is 80.9 Å². The van der Waals surface area contributed by atoms with Gasteiger partial charge in [0.2, 0.25) is 5.91 Å². The van der Waals surface area contributed by atoms with Crippen LogP contribution in [0.2, 0.25) is 0 Å². The van der Waals surface area contributed by atoms with Gasteiger partial charge in [-0.1, -0.05) is 30.3 Å². The molecule has 1 saturated heterocycles. The molecule has 1 aromatic rings. The van der Waals surface area contributed by atoms with E-state index in [1.807, 2.05) is 6.92 Å². The summed E-state index contributed by atoms with van der Waals surface area (Å²) in [5.41, 5.74) is 1.38. The van der Waals surface area contributed by atoms with E-state index in [2.05, 4.69) is 45.4 Å². The van der Waals surface area contributed by atoms with Gasteiger partial charge in [0.1, 0.15) is 6.10 Å². The smallest absolute Gasteiger partial charge is 0.248 e. The molecule has 1 heterocycles. The maximum absolute atomic E-state index is 12.0. The first kappa shape index (κ1) is 21.8. The van der Waals surface area contributed by atoms with E-state index in [1.165, 1.54) is 5.56 Å². The Morgan fingerprint density at radius 2 is 1.81 bits per heavy atom. The molecule has 1 amide bonds. The van der Waals surface area contributed by atoms with Crippen molar-refractivity contribution in [2.45, 2.75) is 32.9 Å². The van der Waals surface area contributed by atoms with E-state index in [9.17, 15) is 4.79 Å². The van der Waals surface area contributed by atoms with Gasteiger partial charge in [0.25, 0.3) is 0 Å². The van der Waals surface area contributed by atoms with Gasteiger partial charge in [0.15, 0.2) is 0 Å². The van der Waals surface area contributed by atoms with E-state index in [-0.39, 0.29) is 5.91 Å². The number of carbonyl (C=O) groups excluding carboxylic acids is 1. The third kappa shape index (κ3) is 8.84. The van der Waals surface area contributed by atoms with Crippen LogP contribution >= 0.6 is 0 Å². The van der Waals surface area contributed by atoms with Crippen LogP contribution in [-0.2, 0) is 20.8 Å². The van der Waals surface area contributed by atoms with E-state index in [0.717, 1.165) is 45.7 Å². The second-order valence-corrected chi connectivity index (χ2v) is 6.96. The van der Waals surface area contributed by atoms with Gasteiger partial charge in [-0.25, -0.2) is 0 Å². The fourth-order valence-corrected chi connectivity index (χ4v) is 3.17. The summed E-state index contributed by atoms with van der Waals surface area (Å²) in [7, 11) is 0. The lowest BCUT2D eigenvalue weighted by atomic mass is 10.2. The number of carbonyl (C=O) groups is 1. The average Bonchev–Trinajstić information content (AvgIpc) is 2.70. The lowest BCUT2D eigenvalue weighted by Gasteiger charge is -2.34. The SMILES string of the molecule is CCOCCOC(C)C(=O)NCCCN1CCN(Cc2ccccc2)CC1. The quantitative estimate of drug-likeness (QED) is 0.563. The number of ether oxygens (including phenoxy) is 2. The third-order valence-corrected chi connectivity index (χ3v) is 4.83. The van der Waals surface area contributed by atoms with E-state index in [0.29, 0.717) is 26.4 Å². The summed E-state index contributed by atoms with van der Waals surface area (Å²) in [5, 5.41) is 2.96. The molecule has 0 aromatic heterocycles. The maximum atomic E-state index is 12.0. The van der Waals surface area contributed by atoms with Crippen molar-refractivity contribution in [2.75, 3.05) is 59.1 Å². The highest BCUT2D eigenvalue weighted by Crippen LogP contribution is 2.08. The molecule has 1 aromatic carbocycles. The molecule has 1 fully saturated rings. The van der Waals surface area contributed by atoms with Gasteiger partial charge in [0, 0.05) is 45.9 Å². The van der Waals surface area contributed by atoms with E-state index < -0.39 is 6.10 Å². The Balaban J connectivity index is 1.51. The first-order chi connectivity index (χ1) is 13.2. The minimum absolute atomic E-state index is 0.0424. The number of rotatable bonds is 12. The fourth-order valence-electron chi connectivity index (χ4n) is 3.17. The molecule has 0 saturated carbocycles. The number of nitrogens with zero attached hydrogens (tertiary/aromatic N) is 2. The number of piperazine rings is 1. The third-order valence-electron chi connectivity index (χ3n) is 4.83. The van der Waals surface area contributed by atoms with E-state index in [1.54, 1.807) is 6.92 Å². The van der Waals surface area contributed by atoms with Gasteiger partial charge in [-0.2, -0.15) is 0 Å². The zero-order valence-corrected chi connectivity index (χ0v) is 16.9. The zero-order chi connectivity index (χ0) is 19.3. The Bertz CT molecular complexity index is 519. The van der Waals surface area contributed by atoms with Crippen LogP contribution in [0.5, 0.6) is 0 Å². The molecule has 152 valence electrons. The molecular formula is C21H35N3O3. The van der Waals surface area contributed by atoms with Crippen molar-refractivity contribution in [1.29, 1.82) is 0 Å². The van der Waals surface area contributed by atoms with Crippen LogP contribution in [0.15, 0.2) is 30.3 Å². The Morgan fingerprint density at radius 1 is 1.11 bits per heavy atom. The lowest BCUT2D eigenvalue weighted by molar-refractivity contribution is -0.132. The van der Waals surface area contributed by atoms with Crippen molar-refractivity contribution in [1.82, 2.24) is 15.1 Å². The molecule has 0 aliphatic carbocycles. The van der Waals surface area contributed by atoms with Crippen LogP contribution < -0.4 is 5.32 Å². The van der Waals surface area contributed by atoms with Crippen molar-refractivity contribution in [3.05, 3.63) is 35.9 Å². The van der Waals surface area contributed by atoms with Crippen molar-refractivity contribution < 1.29 is 14.3 Å². The van der Waals surface area contributed by atoms with Crippen molar-refractivity contribution >= 4 is 5.91 Å². The van der Waals surface area contributed by atoms with Crippen molar-refractivity contribution in [3.8, 4) is 0 Å². The Morgan fingerprint density at radius 3 is 2.52 bits per heavy atom. The number of hydrogen-bond donors (Lipinski definition) is 1. The summed E-state index contributed by atoms with van der Waals surface area (Å²) in [6.07, 6.45) is 0.544. The molecule has 1 aliphatic rings. The molecule has 1 aliphatic heterocycles. The molecular weight excluding hydrogens is 342 g/mol. The molecule has 1 N–H and O–H groups in total. The number of amides is 1. The second-order valence-electron chi connectivity index (χ2n) is 6.96. The minimum Gasteiger partial charge on any atom is -0.379 e. The maximum Gasteiger partial charge on any atom is 0.248 e. The summed E-state index contributed by atoms with van der Waals surface area (Å²) in [4.78, 5) is 17.0. The number of hydrogen-bond acceptors (Lipinski definition) is 5. The fraction of sp³-hybridized carbons (Fsp3) is 0.667. The first-order valence-corrected chi connectivity index (χ1v) is 10.1. The number of nitrogens with one attached hydrogen (secondary N) is 1. The molecule has 0 radical (unpaired) electrons. The largest absolute Gasteiger partial charge is 0.379 e. The summed E-state index contributed by atoms with van der Waals surface area (Å²) in [6.45, 7) is 12.5. The minimum atomic E-state index is -0.424. The van der Waals surface area contributed by atoms with Crippen LogP contribution in [0.25, 0.3) is 0 Å². The molecule has 1 unspecified atom stereocenters. The monoisotopic (exact) mass is 377 g/mol. The zero-order valence-electron chi connectivity index (χ0n) is 16.9. The highest BCUT2D eigenvalue weighted by molar-refractivity contribution is 5.80. The summed E-state index contributed by atoms with van der Waals surface area (Å²) in [6, 6.07) is 10.6. The normalized spacial score (nSPS) is 17.0. The standard InChI is InChI=1S/C21H35N3O3/c1-3-26-16-17-27-19(2)21(25)22-10-7-11-23-12-14-24(15-13-23)18-20-8-5-4-6-9-20/h4-6,8-9,19H,3,7,10-18H2,1-2H3,(H,22,25). The Hall–Kier alpha value is -1.47. The highest BCUT2D eigenvalue weighted by Gasteiger charge is 2.17. The molecule has 0 bridgehead atoms.